The van der Waals surface area contributed by atoms with Crippen LogP contribution in [0.5, 0.6) is 0 Å². The van der Waals surface area contributed by atoms with Crippen LogP contribution in [-0.2, 0) is 4.79 Å². The number of aryl methyl sites for hydroxylation is 3. The first-order chi connectivity index (χ1) is 9.95. The molecule has 0 spiro atoms. The average molecular weight is 321 g/mol. The van der Waals surface area contributed by atoms with Crippen LogP contribution in [0.25, 0.3) is 0 Å². The van der Waals surface area contributed by atoms with Gasteiger partial charge in [-0.2, -0.15) is 0 Å². The molecule has 2 aromatic rings. The van der Waals surface area contributed by atoms with Crippen molar-refractivity contribution in [3.8, 4) is 0 Å². The second-order valence-corrected chi connectivity index (χ2v) is 6.30. The maximum absolute atomic E-state index is 12.0. The SMILES string of the molecule is Cc1ccc(SCC(=O)Nc2c(C)cc(C)nc2Cl)cc1. The van der Waals surface area contributed by atoms with Crippen molar-refractivity contribution in [3.63, 3.8) is 0 Å². The fourth-order valence-electron chi connectivity index (χ4n) is 1.90. The van der Waals surface area contributed by atoms with E-state index >= 15 is 0 Å². The molecule has 0 aliphatic carbocycles. The molecule has 0 bridgehead atoms. The highest BCUT2D eigenvalue weighted by molar-refractivity contribution is 8.00. The van der Waals surface area contributed by atoms with Gasteiger partial charge in [-0.05, 0) is 44.5 Å². The molecular weight excluding hydrogens is 304 g/mol. The zero-order chi connectivity index (χ0) is 15.4. The van der Waals surface area contributed by atoms with E-state index in [0.717, 1.165) is 16.2 Å². The number of amides is 1. The highest BCUT2D eigenvalue weighted by Crippen LogP contribution is 2.25. The summed E-state index contributed by atoms with van der Waals surface area (Å²) in [6, 6.07) is 9.99. The van der Waals surface area contributed by atoms with E-state index in [1.54, 1.807) is 0 Å². The van der Waals surface area contributed by atoms with Crippen LogP contribution < -0.4 is 5.32 Å². The van der Waals surface area contributed by atoms with E-state index in [4.69, 9.17) is 11.6 Å². The lowest BCUT2D eigenvalue weighted by Crippen LogP contribution is -2.15. The maximum atomic E-state index is 12.0. The number of carbonyl (C=O) groups is 1. The van der Waals surface area contributed by atoms with Gasteiger partial charge in [-0.3, -0.25) is 4.79 Å². The van der Waals surface area contributed by atoms with E-state index < -0.39 is 0 Å². The van der Waals surface area contributed by atoms with Crippen molar-refractivity contribution in [1.29, 1.82) is 0 Å². The Kier molecular flexibility index (Phi) is 5.26. The molecule has 5 heteroatoms. The topological polar surface area (TPSA) is 42.0 Å². The number of nitrogens with one attached hydrogen (secondary N) is 1. The van der Waals surface area contributed by atoms with E-state index in [0.29, 0.717) is 16.6 Å². The standard InChI is InChI=1S/C16H17ClN2OS/c1-10-4-6-13(7-5-10)21-9-14(20)19-15-11(2)8-12(3)18-16(15)17/h4-8H,9H2,1-3H3,(H,19,20). The molecule has 21 heavy (non-hydrogen) atoms. The normalized spacial score (nSPS) is 10.5. The summed E-state index contributed by atoms with van der Waals surface area (Å²) in [4.78, 5) is 17.3. The number of anilines is 1. The lowest BCUT2D eigenvalue weighted by Gasteiger charge is -2.10. The Morgan fingerprint density at radius 2 is 1.90 bits per heavy atom. The number of pyridine rings is 1. The third kappa shape index (κ3) is 4.48. The van der Waals surface area contributed by atoms with Crippen molar-refractivity contribution in [1.82, 2.24) is 4.98 Å². The second kappa shape index (κ2) is 6.96. The van der Waals surface area contributed by atoms with Crippen molar-refractivity contribution in [2.75, 3.05) is 11.1 Å². The molecule has 1 amide bonds. The zero-order valence-electron chi connectivity index (χ0n) is 12.2. The summed E-state index contributed by atoms with van der Waals surface area (Å²) < 4.78 is 0. The zero-order valence-corrected chi connectivity index (χ0v) is 13.8. The molecule has 1 N–H and O–H groups in total. The minimum atomic E-state index is -0.0868. The summed E-state index contributed by atoms with van der Waals surface area (Å²) >= 11 is 7.58. The molecule has 0 aliphatic heterocycles. The fraction of sp³-hybridized carbons (Fsp3) is 0.250. The van der Waals surface area contributed by atoms with Crippen LogP contribution in [0, 0.1) is 20.8 Å². The van der Waals surface area contributed by atoms with Crippen molar-refractivity contribution >= 4 is 35.0 Å². The van der Waals surface area contributed by atoms with E-state index in [1.807, 2.05) is 51.1 Å². The number of rotatable bonds is 4. The van der Waals surface area contributed by atoms with Gasteiger partial charge in [0.25, 0.3) is 0 Å². The minimum absolute atomic E-state index is 0.0868. The number of hydrogen-bond donors (Lipinski definition) is 1. The molecule has 3 nitrogen and oxygen atoms in total. The van der Waals surface area contributed by atoms with Gasteiger partial charge < -0.3 is 5.32 Å². The van der Waals surface area contributed by atoms with Crippen molar-refractivity contribution in [2.45, 2.75) is 25.7 Å². The van der Waals surface area contributed by atoms with Gasteiger partial charge in [-0.1, -0.05) is 29.3 Å². The van der Waals surface area contributed by atoms with Crippen LogP contribution in [0.15, 0.2) is 35.2 Å². The number of thioether (sulfide) groups is 1. The summed E-state index contributed by atoms with van der Waals surface area (Å²) in [6.07, 6.45) is 0. The van der Waals surface area contributed by atoms with Gasteiger partial charge in [0.05, 0.1) is 11.4 Å². The third-order valence-corrected chi connectivity index (χ3v) is 4.24. The quantitative estimate of drug-likeness (QED) is 0.671. The smallest absolute Gasteiger partial charge is 0.234 e. The Bertz CT molecular complexity index is 633. The number of nitrogens with zero attached hydrogens (tertiary/aromatic N) is 1. The molecule has 0 saturated carbocycles. The van der Waals surface area contributed by atoms with E-state index in [1.165, 1.54) is 17.3 Å². The summed E-state index contributed by atoms with van der Waals surface area (Å²) in [6.45, 7) is 5.82. The van der Waals surface area contributed by atoms with Crippen LogP contribution in [0.4, 0.5) is 5.69 Å². The first-order valence-electron chi connectivity index (χ1n) is 6.59. The van der Waals surface area contributed by atoms with E-state index in [9.17, 15) is 4.79 Å². The van der Waals surface area contributed by atoms with Crippen LogP contribution in [0.2, 0.25) is 5.15 Å². The van der Waals surface area contributed by atoms with Gasteiger partial charge in [0.2, 0.25) is 5.91 Å². The molecule has 1 heterocycles. The van der Waals surface area contributed by atoms with Crippen LogP contribution in [-0.4, -0.2) is 16.6 Å². The van der Waals surface area contributed by atoms with Gasteiger partial charge in [-0.25, -0.2) is 4.98 Å². The van der Waals surface area contributed by atoms with Gasteiger partial charge in [-0.15, -0.1) is 11.8 Å². The molecule has 2 rings (SSSR count). The summed E-state index contributed by atoms with van der Waals surface area (Å²) in [5.41, 5.74) is 3.56. The van der Waals surface area contributed by atoms with Gasteiger partial charge in [0.1, 0.15) is 0 Å². The molecule has 0 unspecified atom stereocenters. The molecule has 0 saturated heterocycles. The fourth-order valence-corrected chi connectivity index (χ4v) is 2.93. The largest absolute Gasteiger partial charge is 0.323 e. The maximum Gasteiger partial charge on any atom is 0.234 e. The molecule has 1 aromatic carbocycles. The lowest BCUT2D eigenvalue weighted by molar-refractivity contribution is -0.113. The second-order valence-electron chi connectivity index (χ2n) is 4.90. The Morgan fingerprint density at radius 3 is 2.52 bits per heavy atom. The van der Waals surface area contributed by atoms with E-state index in [-0.39, 0.29) is 5.91 Å². The van der Waals surface area contributed by atoms with Gasteiger partial charge in [0, 0.05) is 10.6 Å². The van der Waals surface area contributed by atoms with Crippen LogP contribution in [0.1, 0.15) is 16.8 Å². The average Bonchev–Trinajstić information content (AvgIpc) is 2.42. The van der Waals surface area contributed by atoms with Crippen LogP contribution >= 0.6 is 23.4 Å². The number of benzene rings is 1. The number of carbonyl (C=O) groups excluding carboxylic acids is 1. The van der Waals surface area contributed by atoms with Crippen LogP contribution in [0.3, 0.4) is 0 Å². The predicted octanol–water partition coefficient (Wildman–Crippen LogP) is 4.39. The Hall–Kier alpha value is -1.52. The number of aromatic nitrogens is 1. The summed E-state index contributed by atoms with van der Waals surface area (Å²) in [7, 11) is 0. The summed E-state index contributed by atoms with van der Waals surface area (Å²) in [5.74, 6) is 0.253. The van der Waals surface area contributed by atoms with Gasteiger partial charge >= 0.3 is 0 Å². The summed E-state index contributed by atoms with van der Waals surface area (Å²) in [5, 5.41) is 3.17. The Labute approximate surface area is 134 Å². The number of hydrogen-bond acceptors (Lipinski definition) is 3. The monoisotopic (exact) mass is 320 g/mol. The van der Waals surface area contributed by atoms with Crippen molar-refractivity contribution < 1.29 is 4.79 Å². The molecule has 0 fully saturated rings. The lowest BCUT2D eigenvalue weighted by atomic mass is 10.2. The third-order valence-electron chi connectivity index (χ3n) is 2.96. The molecule has 1 aromatic heterocycles. The molecular formula is C16H17ClN2OS. The highest BCUT2D eigenvalue weighted by Gasteiger charge is 2.11. The van der Waals surface area contributed by atoms with Crippen molar-refractivity contribution in [2.24, 2.45) is 0 Å². The number of halogens is 1. The molecule has 110 valence electrons. The highest BCUT2D eigenvalue weighted by atomic mass is 35.5. The Morgan fingerprint density at radius 1 is 1.24 bits per heavy atom. The predicted molar refractivity (Wildman–Crippen MR) is 89.3 cm³/mol. The van der Waals surface area contributed by atoms with Gasteiger partial charge in [0.15, 0.2) is 5.15 Å². The van der Waals surface area contributed by atoms with E-state index in [2.05, 4.69) is 10.3 Å². The minimum Gasteiger partial charge on any atom is -0.323 e. The van der Waals surface area contributed by atoms with Crippen molar-refractivity contribution in [3.05, 3.63) is 52.3 Å². The first kappa shape index (κ1) is 15.9. The molecule has 0 radical (unpaired) electrons. The molecule has 0 atom stereocenters. The molecule has 0 aliphatic rings. The Balaban J connectivity index is 1.97. The first-order valence-corrected chi connectivity index (χ1v) is 7.95.